The van der Waals surface area contributed by atoms with Gasteiger partial charge in [-0.25, -0.2) is 4.39 Å². The van der Waals surface area contributed by atoms with Crippen molar-refractivity contribution in [2.45, 2.75) is 32.1 Å². The van der Waals surface area contributed by atoms with Crippen LogP contribution in [0.2, 0.25) is 0 Å². The lowest BCUT2D eigenvalue weighted by Crippen LogP contribution is -2.32. The van der Waals surface area contributed by atoms with Gasteiger partial charge in [0.15, 0.2) is 0 Å². The van der Waals surface area contributed by atoms with Crippen LogP contribution in [0.4, 0.5) is 4.39 Å². The summed E-state index contributed by atoms with van der Waals surface area (Å²) in [7, 11) is 0. The van der Waals surface area contributed by atoms with Crippen LogP contribution in [0.1, 0.15) is 42.5 Å². The van der Waals surface area contributed by atoms with Gasteiger partial charge in [0.2, 0.25) is 0 Å². The smallest absolute Gasteiger partial charge is 0.325 e. The summed E-state index contributed by atoms with van der Waals surface area (Å²) in [4.78, 5) is 23.3. The number of carbonyl (C=O) groups excluding carboxylic acids is 2. The van der Waals surface area contributed by atoms with Crippen molar-refractivity contribution in [3.8, 4) is 0 Å². The van der Waals surface area contributed by atoms with E-state index >= 15 is 0 Å². The van der Waals surface area contributed by atoms with Gasteiger partial charge in [0.1, 0.15) is 12.4 Å². The van der Waals surface area contributed by atoms with Crippen LogP contribution < -0.4 is 5.32 Å². The molecule has 0 atom stereocenters. The number of halogens is 1. The molecule has 5 heteroatoms. The van der Waals surface area contributed by atoms with E-state index in [0.717, 1.165) is 12.8 Å². The molecule has 1 aromatic carbocycles. The first-order valence-corrected chi connectivity index (χ1v) is 7.35. The van der Waals surface area contributed by atoms with Crippen LogP contribution in [0.3, 0.4) is 0 Å². The number of benzene rings is 1. The number of carbonyl (C=O) groups is 2. The Balaban J connectivity index is 1.71. The Kier molecular flexibility index (Phi) is 5.72. The van der Waals surface area contributed by atoms with Gasteiger partial charge < -0.3 is 10.1 Å². The fourth-order valence-electron chi connectivity index (χ4n) is 2.51. The lowest BCUT2D eigenvalue weighted by atomic mass is 9.90. The van der Waals surface area contributed by atoms with Gasteiger partial charge in [-0.05, 0) is 30.9 Å². The molecule has 0 aliphatic heterocycles. The first-order valence-electron chi connectivity index (χ1n) is 7.35. The second kappa shape index (κ2) is 7.76. The highest BCUT2D eigenvalue weighted by Gasteiger charge is 2.16. The van der Waals surface area contributed by atoms with E-state index in [1.54, 1.807) is 6.07 Å². The Morgan fingerprint density at radius 2 is 1.90 bits per heavy atom. The lowest BCUT2D eigenvalue weighted by molar-refractivity contribution is -0.144. The maximum Gasteiger partial charge on any atom is 0.325 e. The number of rotatable bonds is 5. The molecule has 0 unspecified atom stereocenters. The predicted octanol–water partition coefficient (Wildman–Crippen LogP) is 2.68. The zero-order valence-corrected chi connectivity index (χ0v) is 11.9. The maximum absolute atomic E-state index is 13.4. The van der Waals surface area contributed by atoms with Gasteiger partial charge in [-0.1, -0.05) is 31.4 Å². The van der Waals surface area contributed by atoms with E-state index < -0.39 is 17.7 Å². The molecular weight excluding hydrogens is 273 g/mol. The third-order valence-corrected chi connectivity index (χ3v) is 3.72. The minimum atomic E-state index is -0.609. The largest absolute Gasteiger partial charge is 0.464 e. The number of hydrogen-bond donors (Lipinski definition) is 1. The molecule has 1 aliphatic carbocycles. The summed E-state index contributed by atoms with van der Waals surface area (Å²) in [6.07, 6.45) is 5.81. The van der Waals surface area contributed by atoms with Crippen molar-refractivity contribution in [1.29, 1.82) is 0 Å². The normalized spacial score (nSPS) is 15.5. The highest BCUT2D eigenvalue weighted by Crippen LogP contribution is 2.23. The highest BCUT2D eigenvalue weighted by atomic mass is 19.1. The number of ether oxygens (including phenoxy) is 1. The molecule has 0 radical (unpaired) electrons. The van der Waals surface area contributed by atoms with Gasteiger partial charge in [-0.15, -0.1) is 0 Å². The summed E-state index contributed by atoms with van der Waals surface area (Å²) in [5.74, 6) is -1.26. The third kappa shape index (κ3) is 4.85. The van der Waals surface area contributed by atoms with Crippen LogP contribution in [0, 0.1) is 11.7 Å². The standard InChI is InChI=1S/C16H20FNO3/c17-14-9-5-4-8-13(14)16(20)18-10-15(19)21-11-12-6-2-1-3-7-12/h4-5,8-9,12H,1-3,6-7,10-11H2,(H,18,20). The molecule has 0 heterocycles. The Bertz CT molecular complexity index is 498. The van der Waals surface area contributed by atoms with Gasteiger partial charge in [0.25, 0.3) is 5.91 Å². The SMILES string of the molecule is O=C(CNC(=O)c1ccccc1F)OCC1CCCCC1. The highest BCUT2D eigenvalue weighted by molar-refractivity contribution is 5.96. The molecule has 1 aromatic rings. The van der Waals surface area contributed by atoms with Crippen molar-refractivity contribution in [3.05, 3.63) is 35.6 Å². The summed E-state index contributed by atoms with van der Waals surface area (Å²) in [5, 5.41) is 2.37. The van der Waals surface area contributed by atoms with Crippen molar-refractivity contribution >= 4 is 11.9 Å². The average molecular weight is 293 g/mol. The summed E-state index contributed by atoms with van der Waals surface area (Å²) in [6.45, 7) is 0.175. The summed E-state index contributed by atoms with van der Waals surface area (Å²) < 4.78 is 18.5. The quantitative estimate of drug-likeness (QED) is 0.849. The van der Waals surface area contributed by atoms with Gasteiger partial charge >= 0.3 is 5.97 Å². The molecule has 4 nitrogen and oxygen atoms in total. The van der Waals surface area contributed by atoms with Crippen LogP contribution in [0.25, 0.3) is 0 Å². The minimum Gasteiger partial charge on any atom is -0.464 e. The second-order valence-corrected chi connectivity index (χ2v) is 5.35. The molecule has 0 bridgehead atoms. The van der Waals surface area contributed by atoms with Crippen LogP contribution in [0.15, 0.2) is 24.3 Å². The van der Waals surface area contributed by atoms with Gasteiger partial charge in [0.05, 0.1) is 12.2 Å². The average Bonchev–Trinajstić information content (AvgIpc) is 2.52. The number of nitrogens with one attached hydrogen (secondary N) is 1. The molecule has 1 fully saturated rings. The molecule has 0 aromatic heterocycles. The Morgan fingerprint density at radius 1 is 1.19 bits per heavy atom. The Hall–Kier alpha value is -1.91. The number of hydrogen-bond acceptors (Lipinski definition) is 3. The topological polar surface area (TPSA) is 55.4 Å². The molecule has 2 rings (SSSR count). The Labute approximate surface area is 123 Å². The maximum atomic E-state index is 13.4. The molecular formula is C16H20FNO3. The zero-order valence-electron chi connectivity index (χ0n) is 11.9. The van der Waals surface area contributed by atoms with Gasteiger partial charge in [0, 0.05) is 0 Å². The number of esters is 1. The fraction of sp³-hybridized carbons (Fsp3) is 0.500. The number of amides is 1. The van der Waals surface area contributed by atoms with Crippen molar-refractivity contribution < 1.29 is 18.7 Å². The van der Waals surface area contributed by atoms with Crippen LogP contribution in [0.5, 0.6) is 0 Å². The predicted molar refractivity (Wildman–Crippen MR) is 76.3 cm³/mol. The van der Waals surface area contributed by atoms with Crippen molar-refractivity contribution in [1.82, 2.24) is 5.32 Å². The first-order chi connectivity index (χ1) is 10.2. The van der Waals surface area contributed by atoms with Crippen LogP contribution >= 0.6 is 0 Å². The molecule has 1 saturated carbocycles. The van der Waals surface area contributed by atoms with E-state index in [0.29, 0.717) is 12.5 Å². The molecule has 0 spiro atoms. The lowest BCUT2D eigenvalue weighted by Gasteiger charge is -2.21. The third-order valence-electron chi connectivity index (χ3n) is 3.72. The van der Waals surface area contributed by atoms with Crippen molar-refractivity contribution in [3.63, 3.8) is 0 Å². The second-order valence-electron chi connectivity index (χ2n) is 5.35. The van der Waals surface area contributed by atoms with E-state index in [1.807, 2.05) is 0 Å². The Morgan fingerprint density at radius 3 is 2.62 bits per heavy atom. The molecule has 1 aliphatic rings. The van der Waals surface area contributed by atoms with E-state index in [4.69, 9.17) is 4.74 Å². The molecule has 1 amide bonds. The van der Waals surface area contributed by atoms with Crippen LogP contribution in [-0.4, -0.2) is 25.0 Å². The van der Waals surface area contributed by atoms with Crippen LogP contribution in [-0.2, 0) is 9.53 Å². The summed E-state index contributed by atoms with van der Waals surface area (Å²) in [5.41, 5.74) is -0.0717. The molecule has 1 N–H and O–H groups in total. The van der Waals surface area contributed by atoms with Crippen molar-refractivity contribution in [2.24, 2.45) is 5.92 Å². The zero-order chi connectivity index (χ0) is 15.1. The monoisotopic (exact) mass is 293 g/mol. The minimum absolute atomic E-state index is 0.0717. The van der Waals surface area contributed by atoms with E-state index in [-0.39, 0.29) is 12.1 Å². The van der Waals surface area contributed by atoms with Gasteiger partial charge in [-0.2, -0.15) is 0 Å². The molecule has 0 saturated heterocycles. The van der Waals surface area contributed by atoms with E-state index in [1.165, 1.54) is 37.5 Å². The summed E-state index contributed by atoms with van der Waals surface area (Å²) in [6, 6.07) is 5.65. The molecule has 114 valence electrons. The summed E-state index contributed by atoms with van der Waals surface area (Å²) >= 11 is 0. The first kappa shape index (κ1) is 15.5. The molecule has 21 heavy (non-hydrogen) atoms. The fourth-order valence-corrected chi connectivity index (χ4v) is 2.51. The van der Waals surface area contributed by atoms with E-state index in [9.17, 15) is 14.0 Å². The van der Waals surface area contributed by atoms with Gasteiger partial charge in [-0.3, -0.25) is 9.59 Å². The van der Waals surface area contributed by atoms with E-state index in [2.05, 4.69) is 5.32 Å². The van der Waals surface area contributed by atoms with Crippen molar-refractivity contribution in [2.75, 3.05) is 13.2 Å².